The minimum Gasteiger partial charge on any atom is -0.361 e. The van der Waals surface area contributed by atoms with Gasteiger partial charge in [-0.15, -0.1) is 0 Å². The molecule has 10 heteroatoms. The SMILES string of the molecule is Cc1noc(C)c1CNC(=O)C1CCCn2c1nn(Cc1c(F)cccc1Cl)c2=O. The van der Waals surface area contributed by atoms with Crippen LogP contribution in [0.5, 0.6) is 0 Å². The summed E-state index contributed by atoms with van der Waals surface area (Å²) >= 11 is 6.09. The third kappa shape index (κ3) is 3.65. The second kappa shape index (κ2) is 8.06. The molecule has 3 aromatic rings. The van der Waals surface area contributed by atoms with Gasteiger partial charge in [0.05, 0.1) is 18.2 Å². The number of fused-ring (bicyclic) bond motifs is 1. The average molecular weight is 434 g/mol. The molecule has 0 fully saturated rings. The molecule has 0 spiro atoms. The Labute approximate surface area is 176 Å². The molecule has 158 valence electrons. The second-order valence-electron chi connectivity index (χ2n) is 7.37. The highest BCUT2D eigenvalue weighted by Crippen LogP contribution is 2.26. The smallest absolute Gasteiger partial charge is 0.346 e. The Morgan fingerprint density at radius 2 is 2.17 bits per heavy atom. The number of carbonyl (C=O) groups excluding carboxylic acids is 1. The van der Waals surface area contributed by atoms with Crippen molar-refractivity contribution in [2.24, 2.45) is 0 Å². The van der Waals surface area contributed by atoms with Crippen LogP contribution in [-0.4, -0.2) is 25.4 Å². The summed E-state index contributed by atoms with van der Waals surface area (Å²) in [6.45, 7) is 4.25. The summed E-state index contributed by atoms with van der Waals surface area (Å²) in [4.78, 5) is 25.6. The average Bonchev–Trinajstić information content (AvgIpc) is 3.21. The monoisotopic (exact) mass is 433 g/mol. The van der Waals surface area contributed by atoms with Crippen molar-refractivity contribution in [2.75, 3.05) is 0 Å². The summed E-state index contributed by atoms with van der Waals surface area (Å²) in [5.41, 5.74) is 1.36. The maximum absolute atomic E-state index is 14.1. The van der Waals surface area contributed by atoms with E-state index in [4.69, 9.17) is 16.1 Å². The van der Waals surface area contributed by atoms with Crippen LogP contribution in [-0.2, 0) is 24.4 Å². The summed E-state index contributed by atoms with van der Waals surface area (Å²) in [6.07, 6.45) is 1.24. The van der Waals surface area contributed by atoms with Crippen LogP contribution in [0.2, 0.25) is 5.02 Å². The maximum Gasteiger partial charge on any atom is 0.346 e. The largest absolute Gasteiger partial charge is 0.361 e. The molecule has 0 aliphatic carbocycles. The van der Waals surface area contributed by atoms with Gasteiger partial charge in [-0.25, -0.2) is 13.9 Å². The fourth-order valence-corrected chi connectivity index (χ4v) is 3.97. The van der Waals surface area contributed by atoms with Gasteiger partial charge in [-0.3, -0.25) is 9.36 Å². The third-order valence-corrected chi connectivity index (χ3v) is 5.80. The highest BCUT2D eigenvalue weighted by Gasteiger charge is 2.31. The summed E-state index contributed by atoms with van der Waals surface area (Å²) in [5, 5.41) is 11.4. The molecule has 1 amide bonds. The molecule has 4 rings (SSSR count). The van der Waals surface area contributed by atoms with Crippen LogP contribution in [0.1, 0.15) is 47.2 Å². The summed E-state index contributed by atoms with van der Waals surface area (Å²) in [5.74, 6) is -0.259. The molecule has 3 heterocycles. The van der Waals surface area contributed by atoms with Gasteiger partial charge in [0.15, 0.2) is 0 Å². The lowest BCUT2D eigenvalue weighted by Gasteiger charge is -2.21. The van der Waals surface area contributed by atoms with E-state index in [0.717, 1.165) is 11.3 Å². The quantitative estimate of drug-likeness (QED) is 0.667. The first-order valence-corrected chi connectivity index (χ1v) is 10.0. The third-order valence-electron chi connectivity index (χ3n) is 5.44. The Balaban J connectivity index is 1.57. The van der Waals surface area contributed by atoms with Crippen LogP contribution in [0.25, 0.3) is 0 Å². The van der Waals surface area contributed by atoms with E-state index in [1.165, 1.54) is 21.4 Å². The molecule has 0 bridgehead atoms. The van der Waals surface area contributed by atoms with Crippen LogP contribution in [0, 0.1) is 19.7 Å². The number of amides is 1. The molecular formula is C20H21ClFN5O3. The number of rotatable bonds is 5. The van der Waals surface area contributed by atoms with Crippen LogP contribution in [0.3, 0.4) is 0 Å². The van der Waals surface area contributed by atoms with Crippen molar-refractivity contribution in [3.8, 4) is 0 Å². The highest BCUT2D eigenvalue weighted by atomic mass is 35.5. The van der Waals surface area contributed by atoms with E-state index in [1.807, 2.05) is 6.92 Å². The number of carbonyl (C=O) groups is 1. The number of hydrogen-bond donors (Lipinski definition) is 1. The molecule has 0 radical (unpaired) electrons. The Kier molecular flexibility index (Phi) is 5.46. The number of benzene rings is 1. The zero-order valence-electron chi connectivity index (χ0n) is 16.6. The molecule has 8 nitrogen and oxygen atoms in total. The van der Waals surface area contributed by atoms with E-state index in [1.54, 1.807) is 13.0 Å². The van der Waals surface area contributed by atoms with Gasteiger partial charge in [-0.2, -0.15) is 5.10 Å². The van der Waals surface area contributed by atoms with E-state index in [-0.39, 0.29) is 35.3 Å². The van der Waals surface area contributed by atoms with E-state index >= 15 is 0 Å². The van der Waals surface area contributed by atoms with Crippen LogP contribution < -0.4 is 11.0 Å². The minimum atomic E-state index is -0.565. The Morgan fingerprint density at radius 1 is 1.37 bits per heavy atom. The predicted molar refractivity (Wildman–Crippen MR) is 107 cm³/mol. The molecule has 30 heavy (non-hydrogen) atoms. The molecular weight excluding hydrogens is 413 g/mol. The van der Waals surface area contributed by atoms with Gasteiger partial charge in [0.1, 0.15) is 17.4 Å². The van der Waals surface area contributed by atoms with Gasteiger partial charge >= 0.3 is 5.69 Å². The van der Waals surface area contributed by atoms with Gasteiger partial charge in [0, 0.05) is 29.2 Å². The zero-order valence-corrected chi connectivity index (χ0v) is 17.4. The molecule has 1 aliphatic heterocycles. The Bertz CT molecular complexity index is 1130. The Morgan fingerprint density at radius 3 is 2.87 bits per heavy atom. The molecule has 1 aromatic carbocycles. The van der Waals surface area contributed by atoms with Gasteiger partial charge < -0.3 is 9.84 Å². The van der Waals surface area contributed by atoms with Crippen molar-refractivity contribution in [1.82, 2.24) is 24.8 Å². The lowest BCUT2D eigenvalue weighted by molar-refractivity contribution is -0.123. The van der Waals surface area contributed by atoms with E-state index in [0.29, 0.717) is 31.0 Å². The fraction of sp³-hybridized carbons (Fsp3) is 0.400. The van der Waals surface area contributed by atoms with Crippen LogP contribution >= 0.6 is 11.6 Å². The van der Waals surface area contributed by atoms with Crippen LogP contribution in [0.15, 0.2) is 27.5 Å². The standard InChI is InChI=1S/C20H21ClFN5O3/c1-11-14(12(2)30-25-11)9-23-19(28)13-5-4-8-26-18(13)24-27(20(26)29)10-15-16(21)6-3-7-17(15)22/h3,6-7,13H,4-5,8-10H2,1-2H3,(H,23,28). The molecule has 1 unspecified atom stereocenters. The zero-order chi connectivity index (χ0) is 21.4. The van der Waals surface area contributed by atoms with Gasteiger partial charge in [0.25, 0.3) is 0 Å². The van der Waals surface area contributed by atoms with Gasteiger partial charge in [-0.1, -0.05) is 22.8 Å². The van der Waals surface area contributed by atoms with E-state index in [2.05, 4.69) is 15.6 Å². The fourth-order valence-electron chi connectivity index (χ4n) is 3.75. The number of nitrogens with one attached hydrogen (secondary N) is 1. The lowest BCUT2D eigenvalue weighted by Crippen LogP contribution is -2.35. The number of hydrogen-bond acceptors (Lipinski definition) is 5. The summed E-state index contributed by atoms with van der Waals surface area (Å²) < 4.78 is 21.9. The van der Waals surface area contributed by atoms with E-state index < -0.39 is 11.7 Å². The molecule has 1 N–H and O–H groups in total. The number of halogens is 2. The normalized spacial score (nSPS) is 15.8. The predicted octanol–water partition coefficient (Wildman–Crippen LogP) is 2.68. The maximum atomic E-state index is 14.1. The first-order chi connectivity index (χ1) is 14.4. The molecule has 2 aromatic heterocycles. The number of nitrogens with zero attached hydrogens (tertiary/aromatic N) is 4. The van der Waals surface area contributed by atoms with Gasteiger partial charge in [0.2, 0.25) is 5.91 Å². The molecule has 0 saturated carbocycles. The highest BCUT2D eigenvalue weighted by molar-refractivity contribution is 6.31. The first kappa shape index (κ1) is 20.3. The minimum absolute atomic E-state index is 0.0994. The number of aromatic nitrogens is 4. The van der Waals surface area contributed by atoms with Crippen molar-refractivity contribution in [3.63, 3.8) is 0 Å². The van der Waals surface area contributed by atoms with Crippen molar-refractivity contribution >= 4 is 17.5 Å². The first-order valence-electron chi connectivity index (χ1n) is 9.66. The molecule has 1 aliphatic rings. The van der Waals surface area contributed by atoms with Crippen molar-refractivity contribution in [2.45, 2.75) is 52.2 Å². The second-order valence-corrected chi connectivity index (χ2v) is 7.77. The van der Waals surface area contributed by atoms with Crippen molar-refractivity contribution < 1.29 is 13.7 Å². The van der Waals surface area contributed by atoms with Crippen molar-refractivity contribution in [3.05, 3.63) is 67.9 Å². The molecule has 0 saturated heterocycles. The summed E-state index contributed by atoms with van der Waals surface area (Å²) in [6, 6.07) is 4.35. The Hall–Kier alpha value is -2.94. The lowest BCUT2D eigenvalue weighted by atomic mass is 9.98. The molecule has 1 atom stereocenters. The van der Waals surface area contributed by atoms with Crippen LogP contribution in [0.4, 0.5) is 4.39 Å². The number of aryl methyl sites for hydroxylation is 2. The topological polar surface area (TPSA) is 94.9 Å². The summed E-state index contributed by atoms with van der Waals surface area (Å²) in [7, 11) is 0. The van der Waals surface area contributed by atoms with Gasteiger partial charge in [-0.05, 0) is 38.8 Å². The van der Waals surface area contributed by atoms with E-state index in [9.17, 15) is 14.0 Å². The van der Waals surface area contributed by atoms with Crippen molar-refractivity contribution in [1.29, 1.82) is 0 Å².